The molecular formula is C27H21IN2O4. The molecule has 170 valence electrons. The van der Waals surface area contributed by atoms with E-state index in [1.165, 1.54) is 13.3 Å². The van der Waals surface area contributed by atoms with Crippen molar-refractivity contribution in [1.29, 1.82) is 0 Å². The van der Waals surface area contributed by atoms with E-state index in [-0.39, 0.29) is 12.3 Å². The Balaban J connectivity index is 1.40. The van der Waals surface area contributed by atoms with Crippen molar-refractivity contribution >= 4 is 51.5 Å². The summed E-state index contributed by atoms with van der Waals surface area (Å²) in [6.45, 7) is 0. The average molecular weight is 564 g/mol. The second-order valence-electron chi connectivity index (χ2n) is 7.39. The van der Waals surface area contributed by atoms with E-state index in [0.29, 0.717) is 22.6 Å². The van der Waals surface area contributed by atoms with Crippen LogP contribution in [0.15, 0.2) is 90.0 Å². The molecular weight excluding hydrogens is 543 g/mol. The molecule has 1 N–H and O–H groups in total. The molecule has 1 amide bonds. The molecule has 4 aromatic rings. The smallest absolute Gasteiger partial charge is 0.344 e. The van der Waals surface area contributed by atoms with Crippen LogP contribution in [0, 0.1) is 3.57 Å². The van der Waals surface area contributed by atoms with Crippen LogP contribution in [-0.4, -0.2) is 25.2 Å². The van der Waals surface area contributed by atoms with Gasteiger partial charge in [0.05, 0.1) is 25.3 Å². The number of nitrogens with one attached hydrogen (secondary N) is 1. The lowest BCUT2D eigenvalue weighted by molar-refractivity contribution is -0.120. The molecule has 0 bridgehead atoms. The molecule has 4 rings (SSSR count). The van der Waals surface area contributed by atoms with Crippen molar-refractivity contribution in [3.8, 4) is 11.5 Å². The predicted molar refractivity (Wildman–Crippen MR) is 141 cm³/mol. The van der Waals surface area contributed by atoms with Gasteiger partial charge in [-0.1, -0.05) is 54.6 Å². The molecule has 0 aliphatic rings. The van der Waals surface area contributed by atoms with Crippen molar-refractivity contribution in [1.82, 2.24) is 5.43 Å². The van der Waals surface area contributed by atoms with Gasteiger partial charge in [-0.3, -0.25) is 4.79 Å². The van der Waals surface area contributed by atoms with E-state index in [2.05, 4.69) is 33.1 Å². The Bertz CT molecular complexity index is 1380. The standard InChI is InChI=1S/C27H21IN2O4/c1-33-25-15-18(13-14-24(25)34-27(32)22-11-4-5-12-23(22)28)17-29-30-26(31)16-20-9-6-8-19-7-2-3-10-21(19)20/h2-15,17H,16H2,1H3,(H,30,31)/b29-17+. The maximum atomic E-state index is 12.5. The minimum Gasteiger partial charge on any atom is -0.493 e. The molecule has 0 aliphatic carbocycles. The number of hydrogen-bond acceptors (Lipinski definition) is 5. The number of carbonyl (C=O) groups excluding carboxylic acids is 2. The fourth-order valence-corrected chi connectivity index (χ4v) is 4.08. The summed E-state index contributed by atoms with van der Waals surface area (Å²) < 4.78 is 11.7. The number of amides is 1. The molecule has 0 heterocycles. The minimum atomic E-state index is -0.467. The molecule has 0 fully saturated rings. The van der Waals surface area contributed by atoms with E-state index in [0.717, 1.165) is 19.9 Å². The second-order valence-corrected chi connectivity index (χ2v) is 8.55. The minimum absolute atomic E-state index is 0.217. The summed E-state index contributed by atoms with van der Waals surface area (Å²) in [5.41, 5.74) is 4.65. The monoisotopic (exact) mass is 564 g/mol. The van der Waals surface area contributed by atoms with E-state index < -0.39 is 5.97 Å². The van der Waals surface area contributed by atoms with Crippen LogP contribution in [0.5, 0.6) is 11.5 Å². The number of rotatable bonds is 7. The summed E-state index contributed by atoms with van der Waals surface area (Å²) in [4.78, 5) is 24.9. The van der Waals surface area contributed by atoms with E-state index in [4.69, 9.17) is 9.47 Å². The molecule has 0 saturated carbocycles. The molecule has 7 heteroatoms. The summed E-state index contributed by atoms with van der Waals surface area (Å²) >= 11 is 2.09. The van der Waals surface area contributed by atoms with Gasteiger partial charge in [-0.15, -0.1) is 0 Å². The maximum Gasteiger partial charge on any atom is 0.344 e. The average Bonchev–Trinajstić information content (AvgIpc) is 2.85. The lowest BCUT2D eigenvalue weighted by atomic mass is 10.0. The quantitative estimate of drug-likeness (QED) is 0.108. The lowest BCUT2D eigenvalue weighted by Crippen LogP contribution is -2.19. The Labute approximate surface area is 210 Å². The van der Waals surface area contributed by atoms with E-state index in [9.17, 15) is 9.59 Å². The van der Waals surface area contributed by atoms with E-state index in [1.54, 1.807) is 30.3 Å². The van der Waals surface area contributed by atoms with Crippen LogP contribution in [0.2, 0.25) is 0 Å². The highest BCUT2D eigenvalue weighted by atomic mass is 127. The van der Waals surface area contributed by atoms with Gasteiger partial charge in [-0.2, -0.15) is 5.10 Å². The number of carbonyl (C=O) groups is 2. The van der Waals surface area contributed by atoms with Crippen LogP contribution >= 0.6 is 22.6 Å². The zero-order chi connectivity index (χ0) is 23.9. The molecule has 0 aromatic heterocycles. The van der Waals surface area contributed by atoms with Crippen molar-refractivity contribution in [2.24, 2.45) is 5.10 Å². The van der Waals surface area contributed by atoms with Crippen molar-refractivity contribution in [2.75, 3.05) is 7.11 Å². The first kappa shape index (κ1) is 23.4. The van der Waals surface area contributed by atoms with Gasteiger partial charge in [0.15, 0.2) is 11.5 Å². The summed E-state index contributed by atoms with van der Waals surface area (Å²) in [6, 6.07) is 26.1. The van der Waals surface area contributed by atoms with Crippen molar-refractivity contribution in [2.45, 2.75) is 6.42 Å². The number of hydrazone groups is 1. The van der Waals surface area contributed by atoms with Gasteiger partial charge < -0.3 is 9.47 Å². The third kappa shape index (κ3) is 5.60. The Kier molecular flexibility index (Phi) is 7.54. The Morgan fingerprint density at radius 2 is 1.71 bits per heavy atom. The third-order valence-corrected chi connectivity index (χ3v) is 6.06. The van der Waals surface area contributed by atoms with Crippen LogP contribution in [0.1, 0.15) is 21.5 Å². The van der Waals surface area contributed by atoms with Gasteiger partial charge in [0.2, 0.25) is 5.91 Å². The topological polar surface area (TPSA) is 77.0 Å². The van der Waals surface area contributed by atoms with Gasteiger partial charge >= 0.3 is 5.97 Å². The molecule has 0 unspecified atom stereocenters. The summed E-state index contributed by atoms with van der Waals surface area (Å²) in [5, 5.41) is 6.19. The fraction of sp³-hybridized carbons (Fsp3) is 0.0741. The van der Waals surface area contributed by atoms with Crippen molar-refractivity contribution in [3.63, 3.8) is 0 Å². The number of fused-ring (bicyclic) bond motifs is 1. The third-order valence-electron chi connectivity index (χ3n) is 5.12. The van der Waals surface area contributed by atoms with Crippen LogP contribution in [0.3, 0.4) is 0 Å². The zero-order valence-electron chi connectivity index (χ0n) is 18.3. The number of halogens is 1. The molecule has 0 saturated heterocycles. The first-order valence-corrected chi connectivity index (χ1v) is 11.6. The second kappa shape index (κ2) is 10.9. The molecule has 0 atom stereocenters. The number of esters is 1. The summed E-state index contributed by atoms with van der Waals surface area (Å²) in [7, 11) is 1.49. The van der Waals surface area contributed by atoms with E-state index in [1.807, 2.05) is 54.6 Å². The molecule has 0 aliphatic heterocycles. The number of methoxy groups -OCH3 is 1. The van der Waals surface area contributed by atoms with Crippen LogP contribution in [0.25, 0.3) is 10.8 Å². The number of benzene rings is 4. The molecule has 4 aromatic carbocycles. The highest BCUT2D eigenvalue weighted by Crippen LogP contribution is 2.29. The van der Waals surface area contributed by atoms with Crippen molar-refractivity contribution < 1.29 is 19.1 Å². The molecule has 6 nitrogen and oxygen atoms in total. The fourth-order valence-electron chi connectivity index (χ4n) is 3.47. The molecule has 0 spiro atoms. The summed E-state index contributed by atoms with van der Waals surface area (Å²) in [5.74, 6) is -0.0115. The number of hydrogen-bond donors (Lipinski definition) is 1. The highest BCUT2D eigenvalue weighted by molar-refractivity contribution is 14.1. The van der Waals surface area contributed by atoms with Crippen LogP contribution in [0.4, 0.5) is 0 Å². The molecule has 34 heavy (non-hydrogen) atoms. The number of ether oxygens (including phenoxy) is 2. The van der Waals surface area contributed by atoms with Crippen LogP contribution < -0.4 is 14.9 Å². The number of nitrogens with zero attached hydrogens (tertiary/aromatic N) is 1. The Morgan fingerprint density at radius 1 is 0.941 bits per heavy atom. The van der Waals surface area contributed by atoms with Gasteiger partial charge in [0, 0.05) is 3.57 Å². The summed E-state index contributed by atoms with van der Waals surface area (Å²) in [6.07, 6.45) is 1.73. The van der Waals surface area contributed by atoms with Gasteiger partial charge in [-0.05, 0) is 74.8 Å². The predicted octanol–water partition coefficient (Wildman–Crippen LogP) is 5.37. The maximum absolute atomic E-state index is 12.5. The zero-order valence-corrected chi connectivity index (χ0v) is 20.5. The van der Waals surface area contributed by atoms with Crippen molar-refractivity contribution in [3.05, 3.63) is 105 Å². The Morgan fingerprint density at radius 3 is 2.53 bits per heavy atom. The SMILES string of the molecule is COc1cc(/C=N/NC(=O)Cc2cccc3ccccc23)ccc1OC(=O)c1ccccc1I. The molecule has 0 radical (unpaired) electrons. The van der Waals surface area contributed by atoms with Gasteiger partial charge in [0.1, 0.15) is 0 Å². The highest BCUT2D eigenvalue weighted by Gasteiger charge is 2.15. The normalized spacial score (nSPS) is 10.9. The lowest BCUT2D eigenvalue weighted by Gasteiger charge is -2.10. The first-order chi connectivity index (χ1) is 16.5. The van der Waals surface area contributed by atoms with Gasteiger partial charge in [0.25, 0.3) is 0 Å². The van der Waals surface area contributed by atoms with E-state index >= 15 is 0 Å². The van der Waals surface area contributed by atoms with Gasteiger partial charge in [-0.25, -0.2) is 10.2 Å². The largest absolute Gasteiger partial charge is 0.493 e. The van der Waals surface area contributed by atoms with Crippen LogP contribution in [-0.2, 0) is 11.2 Å². The Hall–Kier alpha value is -3.72. The first-order valence-electron chi connectivity index (χ1n) is 10.5.